The average Bonchev–Trinajstić information content (AvgIpc) is 2.56. The largest absolute Gasteiger partial charge is 0.466 e. The van der Waals surface area contributed by atoms with Gasteiger partial charge in [-0.05, 0) is 31.9 Å². The number of benzene rings is 1. The van der Waals surface area contributed by atoms with Crippen LogP contribution in [0.3, 0.4) is 0 Å². The highest BCUT2D eigenvalue weighted by Crippen LogP contribution is 2.28. The van der Waals surface area contributed by atoms with Crippen molar-refractivity contribution in [1.29, 1.82) is 0 Å². The Morgan fingerprint density at radius 2 is 2.25 bits per heavy atom. The van der Waals surface area contributed by atoms with Crippen molar-refractivity contribution >= 4 is 35.0 Å². The molecule has 130 valence electrons. The van der Waals surface area contributed by atoms with E-state index in [0.29, 0.717) is 26.0 Å². The molecule has 2 amide bonds. The van der Waals surface area contributed by atoms with Crippen LogP contribution < -0.4 is 5.32 Å². The molecule has 24 heavy (non-hydrogen) atoms. The van der Waals surface area contributed by atoms with Gasteiger partial charge in [0, 0.05) is 24.8 Å². The highest BCUT2D eigenvalue weighted by molar-refractivity contribution is 6.32. The number of hydrogen-bond donors (Lipinski definition) is 1. The van der Waals surface area contributed by atoms with Crippen LogP contribution in [0.5, 0.6) is 0 Å². The number of esters is 1. The number of nitrogens with zero attached hydrogens (tertiary/aromatic N) is 2. The summed E-state index contributed by atoms with van der Waals surface area (Å²) in [5, 5.41) is 13.5. The fourth-order valence-electron chi connectivity index (χ4n) is 2.55. The van der Waals surface area contributed by atoms with Gasteiger partial charge in [-0.15, -0.1) is 0 Å². The Kier molecular flexibility index (Phi) is 5.97. The molecular formula is C15H18ClN3O5. The summed E-state index contributed by atoms with van der Waals surface area (Å²) in [5.74, 6) is -0.652. The van der Waals surface area contributed by atoms with Crippen LogP contribution in [0.4, 0.5) is 16.2 Å². The molecule has 1 fully saturated rings. The average molecular weight is 356 g/mol. The van der Waals surface area contributed by atoms with Crippen molar-refractivity contribution in [2.75, 3.05) is 25.0 Å². The van der Waals surface area contributed by atoms with E-state index in [1.54, 1.807) is 6.92 Å². The zero-order chi connectivity index (χ0) is 17.7. The number of carbonyl (C=O) groups is 2. The van der Waals surface area contributed by atoms with E-state index in [-0.39, 0.29) is 34.8 Å². The van der Waals surface area contributed by atoms with Crippen molar-refractivity contribution in [3.63, 3.8) is 0 Å². The van der Waals surface area contributed by atoms with Gasteiger partial charge in [0.1, 0.15) is 5.02 Å². The number of anilines is 1. The minimum atomic E-state index is -0.615. The molecule has 1 saturated heterocycles. The van der Waals surface area contributed by atoms with E-state index in [4.69, 9.17) is 16.3 Å². The number of likely N-dealkylation sites (tertiary alicyclic amines) is 1. The number of amides is 2. The van der Waals surface area contributed by atoms with E-state index in [1.807, 2.05) is 0 Å². The van der Waals surface area contributed by atoms with Gasteiger partial charge >= 0.3 is 12.0 Å². The number of nitro benzene ring substituents is 1. The molecule has 1 aliphatic heterocycles. The Hall–Kier alpha value is -2.35. The van der Waals surface area contributed by atoms with E-state index in [9.17, 15) is 19.7 Å². The van der Waals surface area contributed by atoms with Gasteiger partial charge in [-0.3, -0.25) is 14.9 Å². The number of rotatable bonds is 4. The molecule has 1 unspecified atom stereocenters. The van der Waals surface area contributed by atoms with Gasteiger partial charge in [0.2, 0.25) is 0 Å². The van der Waals surface area contributed by atoms with Crippen molar-refractivity contribution in [1.82, 2.24) is 4.90 Å². The molecule has 0 radical (unpaired) electrons. The molecule has 1 N–H and O–H groups in total. The lowest BCUT2D eigenvalue weighted by atomic mass is 9.98. The van der Waals surface area contributed by atoms with Crippen LogP contribution in [-0.2, 0) is 9.53 Å². The lowest BCUT2D eigenvalue weighted by Crippen LogP contribution is -2.44. The fourth-order valence-corrected chi connectivity index (χ4v) is 2.73. The third kappa shape index (κ3) is 4.35. The summed E-state index contributed by atoms with van der Waals surface area (Å²) in [7, 11) is 0. The minimum absolute atomic E-state index is 0.00153. The predicted octanol–water partition coefficient (Wildman–Crippen LogP) is 3.06. The Bertz CT molecular complexity index is 652. The first kappa shape index (κ1) is 18.0. The van der Waals surface area contributed by atoms with Gasteiger partial charge in [-0.25, -0.2) is 4.79 Å². The van der Waals surface area contributed by atoms with Crippen LogP contribution in [-0.4, -0.2) is 41.5 Å². The zero-order valence-electron chi connectivity index (χ0n) is 13.2. The van der Waals surface area contributed by atoms with Gasteiger partial charge in [0.05, 0.1) is 17.4 Å². The molecule has 0 saturated carbocycles. The second kappa shape index (κ2) is 7.96. The number of nitro groups is 1. The van der Waals surface area contributed by atoms with Gasteiger partial charge in [0.25, 0.3) is 5.69 Å². The normalized spacial score (nSPS) is 17.2. The first-order valence-corrected chi connectivity index (χ1v) is 7.96. The van der Waals surface area contributed by atoms with Gasteiger partial charge in [-0.2, -0.15) is 0 Å². The topological polar surface area (TPSA) is 102 Å². The number of urea groups is 1. The summed E-state index contributed by atoms with van der Waals surface area (Å²) in [6.45, 7) is 2.81. The minimum Gasteiger partial charge on any atom is -0.466 e. The molecule has 1 atom stereocenters. The highest BCUT2D eigenvalue weighted by atomic mass is 35.5. The number of halogens is 1. The Morgan fingerprint density at radius 3 is 2.92 bits per heavy atom. The van der Waals surface area contributed by atoms with E-state index < -0.39 is 11.0 Å². The second-order valence-electron chi connectivity index (χ2n) is 5.39. The lowest BCUT2D eigenvalue weighted by Gasteiger charge is -2.31. The third-order valence-corrected chi connectivity index (χ3v) is 4.04. The third-order valence-electron chi connectivity index (χ3n) is 3.72. The van der Waals surface area contributed by atoms with Gasteiger partial charge in [0.15, 0.2) is 0 Å². The maximum Gasteiger partial charge on any atom is 0.321 e. The van der Waals surface area contributed by atoms with Crippen molar-refractivity contribution in [3.05, 3.63) is 33.3 Å². The summed E-state index contributed by atoms with van der Waals surface area (Å²) in [6, 6.07) is 3.63. The lowest BCUT2D eigenvalue weighted by molar-refractivity contribution is -0.384. The Morgan fingerprint density at radius 1 is 1.50 bits per heavy atom. The van der Waals surface area contributed by atoms with Crippen molar-refractivity contribution < 1.29 is 19.2 Å². The van der Waals surface area contributed by atoms with Crippen LogP contribution in [0.15, 0.2) is 18.2 Å². The smallest absolute Gasteiger partial charge is 0.321 e. The molecule has 0 aliphatic carbocycles. The standard InChI is InChI=1S/C15H18ClN3O5/c1-2-24-14(20)10-4-3-7-18(9-10)15(21)17-11-5-6-12(16)13(8-11)19(22)23/h5-6,8,10H,2-4,7,9H2,1H3,(H,17,21). The van der Waals surface area contributed by atoms with Crippen LogP contribution in [0.2, 0.25) is 5.02 Å². The number of piperidine rings is 1. The molecule has 0 bridgehead atoms. The molecule has 9 heteroatoms. The van der Waals surface area contributed by atoms with E-state index in [2.05, 4.69) is 5.32 Å². The molecule has 1 aliphatic rings. The summed E-state index contributed by atoms with van der Waals surface area (Å²) < 4.78 is 5.00. The van der Waals surface area contributed by atoms with Crippen LogP contribution in [0.25, 0.3) is 0 Å². The quantitative estimate of drug-likeness (QED) is 0.508. The predicted molar refractivity (Wildman–Crippen MR) is 88.1 cm³/mol. The van der Waals surface area contributed by atoms with Crippen LogP contribution >= 0.6 is 11.6 Å². The molecule has 1 aromatic carbocycles. The maximum absolute atomic E-state index is 12.3. The molecular weight excluding hydrogens is 338 g/mol. The molecule has 0 spiro atoms. The van der Waals surface area contributed by atoms with Gasteiger partial charge < -0.3 is 15.0 Å². The Balaban J connectivity index is 2.03. The van der Waals surface area contributed by atoms with Crippen molar-refractivity contribution in [3.8, 4) is 0 Å². The summed E-state index contributed by atoms with van der Waals surface area (Å²) in [5.41, 5.74) is -0.00753. The van der Waals surface area contributed by atoms with E-state index in [1.165, 1.54) is 23.1 Å². The molecule has 0 aromatic heterocycles. The fraction of sp³-hybridized carbons (Fsp3) is 0.467. The highest BCUT2D eigenvalue weighted by Gasteiger charge is 2.29. The van der Waals surface area contributed by atoms with Crippen molar-refractivity contribution in [2.24, 2.45) is 5.92 Å². The molecule has 8 nitrogen and oxygen atoms in total. The zero-order valence-corrected chi connectivity index (χ0v) is 13.9. The second-order valence-corrected chi connectivity index (χ2v) is 5.80. The van der Waals surface area contributed by atoms with Crippen molar-refractivity contribution in [2.45, 2.75) is 19.8 Å². The Labute approximate surface area is 143 Å². The summed E-state index contributed by atoms with van der Waals surface area (Å²) in [4.78, 5) is 35.9. The summed E-state index contributed by atoms with van der Waals surface area (Å²) in [6.07, 6.45) is 1.37. The monoisotopic (exact) mass is 355 g/mol. The SMILES string of the molecule is CCOC(=O)C1CCCN(C(=O)Nc2ccc(Cl)c([N+](=O)[O-])c2)C1. The van der Waals surface area contributed by atoms with E-state index in [0.717, 1.165) is 0 Å². The molecule has 1 aromatic rings. The number of carbonyl (C=O) groups excluding carboxylic acids is 2. The van der Waals surface area contributed by atoms with Gasteiger partial charge in [-0.1, -0.05) is 11.6 Å². The number of nitrogens with one attached hydrogen (secondary N) is 1. The first-order chi connectivity index (χ1) is 11.4. The first-order valence-electron chi connectivity index (χ1n) is 7.59. The number of ether oxygens (including phenoxy) is 1. The summed E-state index contributed by atoms with van der Waals surface area (Å²) >= 11 is 5.74. The number of hydrogen-bond acceptors (Lipinski definition) is 5. The molecule has 1 heterocycles. The maximum atomic E-state index is 12.3. The van der Waals surface area contributed by atoms with Crippen LogP contribution in [0, 0.1) is 16.0 Å². The molecule has 2 rings (SSSR count). The van der Waals surface area contributed by atoms with E-state index >= 15 is 0 Å². The van der Waals surface area contributed by atoms with Crippen LogP contribution in [0.1, 0.15) is 19.8 Å².